The maximum atomic E-state index is 12.7. The molecule has 0 aliphatic carbocycles. The standard InChI is InChI=1S/C20H21N3O4/c1-12-6-4-8-17(13(12)2)22-11-15(10-19(22)24)20(25)21-16-7-5-9-18(14(16)3)23(26)27/h4-9,15H,10-11H2,1-3H3,(H,21,25)/t15-/m1/s1. The highest BCUT2D eigenvalue weighted by molar-refractivity contribution is 6.04. The van der Waals surface area contributed by atoms with E-state index in [4.69, 9.17) is 0 Å². The van der Waals surface area contributed by atoms with Crippen LogP contribution in [0.5, 0.6) is 0 Å². The van der Waals surface area contributed by atoms with Crippen molar-refractivity contribution in [3.63, 3.8) is 0 Å². The molecule has 7 nitrogen and oxygen atoms in total. The Balaban J connectivity index is 1.78. The number of rotatable bonds is 4. The third-order valence-electron chi connectivity index (χ3n) is 5.12. The van der Waals surface area contributed by atoms with Gasteiger partial charge in [-0.05, 0) is 44.0 Å². The highest BCUT2D eigenvalue weighted by Crippen LogP contribution is 2.31. The van der Waals surface area contributed by atoms with Crippen molar-refractivity contribution in [3.05, 3.63) is 63.2 Å². The molecule has 1 saturated heterocycles. The van der Waals surface area contributed by atoms with Crippen molar-refractivity contribution in [2.24, 2.45) is 5.92 Å². The number of hydrogen-bond donors (Lipinski definition) is 1. The Morgan fingerprint density at radius 3 is 2.56 bits per heavy atom. The molecule has 0 unspecified atom stereocenters. The summed E-state index contributed by atoms with van der Waals surface area (Å²) in [6.07, 6.45) is 0.118. The normalized spacial score (nSPS) is 16.5. The lowest BCUT2D eigenvalue weighted by atomic mass is 10.1. The first-order valence-corrected chi connectivity index (χ1v) is 8.71. The molecule has 7 heteroatoms. The predicted octanol–water partition coefficient (Wildman–Crippen LogP) is 3.51. The molecule has 2 aromatic carbocycles. The van der Waals surface area contributed by atoms with Crippen molar-refractivity contribution >= 4 is 28.9 Å². The Morgan fingerprint density at radius 2 is 1.85 bits per heavy atom. The van der Waals surface area contributed by atoms with Gasteiger partial charge in [0.2, 0.25) is 11.8 Å². The highest BCUT2D eigenvalue weighted by atomic mass is 16.6. The Morgan fingerprint density at radius 1 is 1.15 bits per heavy atom. The Kier molecular flexibility index (Phi) is 4.94. The van der Waals surface area contributed by atoms with Gasteiger partial charge in [0.05, 0.1) is 22.1 Å². The van der Waals surface area contributed by atoms with Crippen LogP contribution in [0.25, 0.3) is 0 Å². The quantitative estimate of drug-likeness (QED) is 0.661. The lowest BCUT2D eigenvalue weighted by molar-refractivity contribution is -0.385. The third-order valence-corrected chi connectivity index (χ3v) is 5.12. The van der Waals surface area contributed by atoms with Crippen molar-refractivity contribution in [2.75, 3.05) is 16.8 Å². The van der Waals surface area contributed by atoms with Gasteiger partial charge in [-0.2, -0.15) is 0 Å². The molecule has 3 rings (SSSR count). The predicted molar refractivity (Wildman–Crippen MR) is 103 cm³/mol. The van der Waals surface area contributed by atoms with Crippen LogP contribution in [0.15, 0.2) is 36.4 Å². The van der Waals surface area contributed by atoms with E-state index in [1.807, 2.05) is 32.0 Å². The number of carbonyl (C=O) groups excluding carboxylic acids is 2. The van der Waals surface area contributed by atoms with Crippen LogP contribution < -0.4 is 10.2 Å². The molecule has 1 atom stereocenters. The SMILES string of the molecule is Cc1cccc(N2C[C@H](C(=O)Nc3cccc([N+](=O)[O-])c3C)CC2=O)c1C. The van der Waals surface area contributed by atoms with Crippen LogP contribution in [-0.4, -0.2) is 23.3 Å². The van der Waals surface area contributed by atoms with Gasteiger partial charge in [0.25, 0.3) is 5.69 Å². The number of carbonyl (C=O) groups is 2. The van der Waals surface area contributed by atoms with Crippen molar-refractivity contribution in [3.8, 4) is 0 Å². The minimum Gasteiger partial charge on any atom is -0.325 e. The largest absolute Gasteiger partial charge is 0.325 e. The van der Waals surface area contributed by atoms with Gasteiger partial charge in [-0.15, -0.1) is 0 Å². The first kappa shape index (κ1) is 18.6. The van der Waals surface area contributed by atoms with Gasteiger partial charge < -0.3 is 10.2 Å². The molecule has 1 N–H and O–H groups in total. The molecule has 1 heterocycles. The maximum Gasteiger partial charge on any atom is 0.274 e. The van der Waals surface area contributed by atoms with E-state index in [2.05, 4.69) is 5.32 Å². The van der Waals surface area contributed by atoms with Gasteiger partial charge in [-0.25, -0.2) is 0 Å². The second-order valence-electron chi connectivity index (χ2n) is 6.82. The van der Waals surface area contributed by atoms with Crippen LogP contribution in [0.4, 0.5) is 17.1 Å². The molecule has 27 heavy (non-hydrogen) atoms. The molecular formula is C20H21N3O4. The molecule has 2 amide bonds. The number of nitrogens with one attached hydrogen (secondary N) is 1. The number of nitrogens with zero attached hydrogens (tertiary/aromatic N) is 2. The lowest BCUT2D eigenvalue weighted by Crippen LogP contribution is -2.28. The fourth-order valence-electron chi connectivity index (χ4n) is 3.34. The van der Waals surface area contributed by atoms with E-state index in [0.717, 1.165) is 16.8 Å². The van der Waals surface area contributed by atoms with Crippen molar-refractivity contribution < 1.29 is 14.5 Å². The Labute approximate surface area is 157 Å². The van der Waals surface area contributed by atoms with E-state index in [1.54, 1.807) is 17.9 Å². The molecular weight excluding hydrogens is 346 g/mol. The second kappa shape index (κ2) is 7.19. The van der Waals surface area contributed by atoms with E-state index in [-0.39, 0.29) is 23.9 Å². The number of amides is 2. The van der Waals surface area contributed by atoms with Crippen LogP contribution in [0.1, 0.15) is 23.1 Å². The number of nitro benzene ring substituents is 1. The molecule has 0 spiro atoms. The summed E-state index contributed by atoms with van der Waals surface area (Å²) in [5.74, 6) is -0.907. The van der Waals surface area contributed by atoms with Crippen molar-refractivity contribution in [1.82, 2.24) is 0 Å². The summed E-state index contributed by atoms with van der Waals surface area (Å²) in [7, 11) is 0. The molecule has 0 aromatic heterocycles. The fourth-order valence-corrected chi connectivity index (χ4v) is 3.34. The molecule has 0 radical (unpaired) electrons. The maximum absolute atomic E-state index is 12.7. The lowest BCUT2D eigenvalue weighted by Gasteiger charge is -2.20. The minimum absolute atomic E-state index is 0.0488. The van der Waals surface area contributed by atoms with E-state index >= 15 is 0 Å². The smallest absolute Gasteiger partial charge is 0.274 e. The number of anilines is 2. The third kappa shape index (κ3) is 3.53. The Bertz CT molecular complexity index is 939. The van der Waals surface area contributed by atoms with E-state index < -0.39 is 10.8 Å². The van der Waals surface area contributed by atoms with Crippen LogP contribution in [0, 0.1) is 36.8 Å². The summed E-state index contributed by atoms with van der Waals surface area (Å²) >= 11 is 0. The molecule has 2 aromatic rings. The summed E-state index contributed by atoms with van der Waals surface area (Å²) in [4.78, 5) is 37.4. The van der Waals surface area contributed by atoms with Gasteiger partial charge in [-0.1, -0.05) is 18.2 Å². The van der Waals surface area contributed by atoms with Crippen LogP contribution in [0.3, 0.4) is 0 Å². The summed E-state index contributed by atoms with van der Waals surface area (Å²) < 4.78 is 0. The second-order valence-corrected chi connectivity index (χ2v) is 6.82. The molecule has 1 aliphatic rings. The monoisotopic (exact) mass is 367 g/mol. The average Bonchev–Trinajstić information content (AvgIpc) is 3.00. The van der Waals surface area contributed by atoms with Crippen molar-refractivity contribution in [1.29, 1.82) is 0 Å². The topological polar surface area (TPSA) is 92.6 Å². The van der Waals surface area contributed by atoms with E-state index in [1.165, 1.54) is 12.1 Å². The first-order chi connectivity index (χ1) is 12.8. The average molecular weight is 367 g/mol. The molecule has 1 fully saturated rings. The van der Waals surface area contributed by atoms with Gasteiger partial charge in [0.15, 0.2) is 0 Å². The van der Waals surface area contributed by atoms with Crippen molar-refractivity contribution in [2.45, 2.75) is 27.2 Å². The fraction of sp³-hybridized carbons (Fsp3) is 0.300. The zero-order chi connectivity index (χ0) is 19.7. The van der Waals surface area contributed by atoms with E-state index in [0.29, 0.717) is 17.8 Å². The summed E-state index contributed by atoms with van der Waals surface area (Å²) in [5.41, 5.74) is 3.66. The van der Waals surface area contributed by atoms with Gasteiger partial charge in [-0.3, -0.25) is 19.7 Å². The molecule has 0 saturated carbocycles. The zero-order valence-corrected chi connectivity index (χ0v) is 15.5. The van der Waals surface area contributed by atoms with Gasteiger partial charge in [0, 0.05) is 24.7 Å². The summed E-state index contributed by atoms with van der Waals surface area (Å²) in [6.45, 7) is 5.82. The number of aryl methyl sites for hydroxylation is 1. The van der Waals surface area contributed by atoms with Gasteiger partial charge in [0.1, 0.15) is 0 Å². The zero-order valence-electron chi connectivity index (χ0n) is 15.5. The molecule has 1 aliphatic heterocycles. The van der Waals surface area contributed by atoms with Crippen LogP contribution in [0.2, 0.25) is 0 Å². The molecule has 140 valence electrons. The number of hydrogen-bond acceptors (Lipinski definition) is 4. The number of benzene rings is 2. The molecule has 0 bridgehead atoms. The first-order valence-electron chi connectivity index (χ1n) is 8.71. The Hall–Kier alpha value is -3.22. The summed E-state index contributed by atoms with van der Waals surface area (Å²) in [5, 5.41) is 13.8. The van der Waals surface area contributed by atoms with Crippen LogP contribution >= 0.6 is 0 Å². The van der Waals surface area contributed by atoms with E-state index in [9.17, 15) is 19.7 Å². The van der Waals surface area contributed by atoms with Crippen LogP contribution in [-0.2, 0) is 9.59 Å². The highest BCUT2D eigenvalue weighted by Gasteiger charge is 2.36. The summed E-state index contributed by atoms with van der Waals surface area (Å²) in [6, 6.07) is 10.3. The number of nitro groups is 1. The van der Waals surface area contributed by atoms with Gasteiger partial charge >= 0.3 is 0 Å². The minimum atomic E-state index is -0.504.